The van der Waals surface area contributed by atoms with Crippen molar-refractivity contribution in [1.82, 2.24) is 4.90 Å². The fourth-order valence-corrected chi connectivity index (χ4v) is 6.05. The Labute approximate surface area is 230 Å². The van der Waals surface area contributed by atoms with E-state index in [2.05, 4.69) is 11.3 Å². The van der Waals surface area contributed by atoms with Crippen LogP contribution in [0.5, 0.6) is 11.5 Å². The summed E-state index contributed by atoms with van der Waals surface area (Å²) in [5.41, 5.74) is 0.742. The molecule has 1 amide bonds. The van der Waals surface area contributed by atoms with Crippen molar-refractivity contribution < 1.29 is 27.4 Å². The summed E-state index contributed by atoms with van der Waals surface area (Å²) >= 11 is 1.04. The van der Waals surface area contributed by atoms with Crippen LogP contribution in [0.25, 0.3) is 6.08 Å². The Kier molecular flexibility index (Phi) is 11.7. The summed E-state index contributed by atoms with van der Waals surface area (Å²) in [6, 6.07) is 13.4. The molecule has 0 radical (unpaired) electrons. The zero-order chi connectivity index (χ0) is 27.4. The third-order valence-corrected chi connectivity index (χ3v) is 8.25. The molecule has 1 saturated heterocycles. The molecule has 0 aromatic heterocycles. The number of sulfonamides is 1. The number of carbonyl (C=O) groups is 1. The van der Waals surface area contributed by atoms with E-state index in [4.69, 9.17) is 14.2 Å². The van der Waals surface area contributed by atoms with E-state index in [1.165, 1.54) is 36.3 Å². The van der Waals surface area contributed by atoms with E-state index in [1.54, 1.807) is 44.6 Å². The summed E-state index contributed by atoms with van der Waals surface area (Å²) in [5, 5.41) is 0.123. The number of hydrogen-bond acceptors (Lipinski definition) is 7. The molecule has 0 atom stereocenters. The fourth-order valence-electron chi connectivity index (χ4n) is 3.82. The van der Waals surface area contributed by atoms with Gasteiger partial charge < -0.3 is 14.2 Å². The maximum absolute atomic E-state index is 13.3. The Morgan fingerprint density at radius 2 is 1.71 bits per heavy atom. The summed E-state index contributed by atoms with van der Waals surface area (Å²) in [6.45, 7) is 3.48. The fraction of sp³-hybridized carbons (Fsp3) is 0.429. The van der Waals surface area contributed by atoms with Crippen LogP contribution in [0.4, 0.5) is 0 Å². The molecule has 8 nitrogen and oxygen atoms in total. The lowest BCUT2D eigenvalue weighted by atomic mass is 10.1. The molecule has 0 N–H and O–H groups in total. The molecule has 206 valence electrons. The second-order valence-electron chi connectivity index (χ2n) is 8.75. The molecule has 3 rings (SSSR count). The average molecular weight is 561 g/mol. The van der Waals surface area contributed by atoms with Crippen molar-refractivity contribution in [3.05, 3.63) is 59.0 Å². The standard InChI is InChI=1S/C28H36N2O6S2/c1-4-5-6-7-11-19-36-25-20-22(15-16-24(25)35-3)21-26-27(31)30(17-12-18-34-2)28(37-26)29-38(32,33)23-13-9-8-10-14-23/h8-10,13-16,20-21H,4-7,11-12,17-19H2,1-3H3/b26-21-,29-28+. The molecule has 38 heavy (non-hydrogen) atoms. The minimum Gasteiger partial charge on any atom is -0.493 e. The molecule has 1 heterocycles. The lowest BCUT2D eigenvalue weighted by Gasteiger charge is -2.15. The molecule has 0 spiro atoms. The van der Waals surface area contributed by atoms with Gasteiger partial charge in [0.2, 0.25) is 0 Å². The summed E-state index contributed by atoms with van der Waals surface area (Å²) < 4.78 is 46.4. The predicted molar refractivity (Wildman–Crippen MR) is 152 cm³/mol. The Morgan fingerprint density at radius 1 is 0.947 bits per heavy atom. The molecule has 0 saturated carbocycles. The van der Waals surface area contributed by atoms with Gasteiger partial charge in [0.05, 0.1) is 23.5 Å². The van der Waals surface area contributed by atoms with Crippen LogP contribution in [-0.2, 0) is 19.6 Å². The van der Waals surface area contributed by atoms with E-state index in [1.807, 2.05) is 12.1 Å². The Morgan fingerprint density at radius 3 is 2.42 bits per heavy atom. The van der Waals surface area contributed by atoms with E-state index < -0.39 is 10.0 Å². The topological polar surface area (TPSA) is 94.5 Å². The third-order valence-electron chi connectivity index (χ3n) is 5.85. The van der Waals surface area contributed by atoms with E-state index in [-0.39, 0.29) is 22.5 Å². The van der Waals surface area contributed by atoms with Gasteiger partial charge in [-0.15, -0.1) is 4.40 Å². The lowest BCUT2D eigenvalue weighted by Crippen LogP contribution is -2.31. The molecular formula is C28H36N2O6S2. The Balaban J connectivity index is 1.84. The van der Waals surface area contributed by atoms with Gasteiger partial charge in [-0.1, -0.05) is 56.9 Å². The summed E-state index contributed by atoms with van der Waals surface area (Å²) in [4.78, 5) is 15.1. The number of unbranched alkanes of at least 4 members (excludes halogenated alkanes) is 4. The predicted octanol–water partition coefficient (Wildman–Crippen LogP) is 5.74. The van der Waals surface area contributed by atoms with Crippen molar-refractivity contribution in [2.24, 2.45) is 4.40 Å². The minimum absolute atomic E-state index is 0.0708. The van der Waals surface area contributed by atoms with Gasteiger partial charge in [0.25, 0.3) is 15.9 Å². The number of nitrogens with zero attached hydrogens (tertiary/aromatic N) is 2. The number of ether oxygens (including phenoxy) is 3. The molecular weight excluding hydrogens is 524 g/mol. The molecule has 1 fully saturated rings. The molecule has 1 aliphatic rings. The van der Waals surface area contributed by atoms with Crippen molar-refractivity contribution >= 4 is 38.9 Å². The van der Waals surface area contributed by atoms with Crippen molar-refractivity contribution in [2.45, 2.75) is 50.3 Å². The van der Waals surface area contributed by atoms with Crippen LogP contribution in [-0.4, -0.2) is 58.4 Å². The number of methoxy groups -OCH3 is 2. The zero-order valence-corrected chi connectivity index (χ0v) is 23.9. The van der Waals surface area contributed by atoms with Gasteiger partial charge in [-0.2, -0.15) is 8.42 Å². The van der Waals surface area contributed by atoms with Gasteiger partial charge in [0.1, 0.15) is 0 Å². The molecule has 2 aromatic carbocycles. The van der Waals surface area contributed by atoms with Crippen LogP contribution in [0.1, 0.15) is 51.0 Å². The molecule has 0 aliphatic carbocycles. The normalized spacial score (nSPS) is 16.0. The Bertz CT molecular complexity index is 1230. The van der Waals surface area contributed by atoms with Crippen LogP contribution in [0.3, 0.4) is 0 Å². The van der Waals surface area contributed by atoms with Gasteiger partial charge >= 0.3 is 0 Å². The van der Waals surface area contributed by atoms with Gasteiger partial charge in [0, 0.05) is 20.3 Å². The van der Waals surface area contributed by atoms with Gasteiger partial charge in [-0.3, -0.25) is 9.69 Å². The van der Waals surface area contributed by atoms with E-state index in [9.17, 15) is 13.2 Å². The molecule has 10 heteroatoms. The number of amidine groups is 1. The quantitative estimate of drug-likeness (QED) is 0.202. The highest BCUT2D eigenvalue weighted by Crippen LogP contribution is 2.36. The maximum Gasteiger partial charge on any atom is 0.284 e. The number of rotatable bonds is 15. The summed E-state index contributed by atoms with van der Waals surface area (Å²) in [7, 11) is -0.816. The highest BCUT2D eigenvalue weighted by molar-refractivity contribution is 8.19. The second-order valence-corrected chi connectivity index (χ2v) is 11.4. The van der Waals surface area contributed by atoms with Crippen molar-refractivity contribution in [3.63, 3.8) is 0 Å². The first kappa shape index (κ1) is 29.7. The Hall–Kier alpha value is -2.82. The number of amides is 1. The van der Waals surface area contributed by atoms with E-state index >= 15 is 0 Å². The number of benzene rings is 2. The highest BCUT2D eigenvalue weighted by atomic mass is 32.2. The average Bonchev–Trinajstić information content (AvgIpc) is 3.19. The van der Waals surface area contributed by atoms with E-state index in [0.717, 1.165) is 30.2 Å². The van der Waals surface area contributed by atoms with E-state index in [0.29, 0.717) is 36.0 Å². The lowest BCUT2D eigenvalue weighted by molar-refractivity contribution is -0.122. The van der Waals surface area contributed by atoms with Crippen molar-refractivity contribution in [3.8, 4) is 11.5 Å². The first-order valence-electron chi connectivity index (χ1n) is 12.8. The summed E-state index contributed by atoms with van der Waals surface area (Å²) in [5.74, 6) is 0.913. The smallest absolute Gasteiger partial charge is 0.284 e. The van der Waals surface area contributed by atoms with Crippen LogP contribution < -0.4 is 9.47 Å². The van der Waals surface area contributed by atoms with Gasteiger partial charge in [-0.05, 0) is 60.5 Å². The highest BCUT2D eigenvalue weighted by Gasteiger charge is 2.34. The van der Waals surface area contributed by atoms with Crippen LogP contribution in [0.15, 0.2) is 62.7 Å². The van der Waals surface area contributed by atoms with Crippen LogP contribution >= 0.6 is 11.8 Å². The number of carbonyl (C=O) groups excluding carboxylic acids is 1. The molecule has 0 bridgehead atoms. The first-order chi connectivity index (χ1) is 18.4. The SMILES string of the molecule is CCCCCCCOc1cc(/C=C2\S/C(=N/S(=O)(=O)c3ccccc3)N(CCCOC)C2=O)ccc1OC. The van der Waals surface area contributed by atoms with Crippen molar-refractivity contribution in [1.29, 1.82) is 0 Å². The third kappa shape index (κ3) is 8.34. The monoisotopic (exact) mass is 560 g/mol. The van der Waals surface area contributed by atoms with Crippen LogP contribution in [0.2, 0.25) is 0 Å². The minimum atomic E-state index is -3.98. The molecule has 1 aliphatic heterocycles. The number of thioether (sulfide) groups is 1. The first-order valence-corrected chi connectivity index (χ1v) is 15.1. The van der Waals surface area contributed by atoms with Crippen LogP contribution in [0, 0.1) is 0 Å². The molecule has 0 unspecified atom stereocenters. The maximum atomic E-state index is 13.3. The zero-order valence-electron chi connectivity index (χ0n) is 22.2. The largest absolute Gasteiger partial charge is 0.493 e. The van der Waals surface area contributed by atoms with Crippen molar-refractivity contribution in [2.75, 3.05) is 34.0 Å². The number of hydrogen-bond donors (Lipinski definition) is 0. The van der Waals surface area contributed by atoms with Gasteiger partial charge in [0.15, 0.2) is 16.7 Å². The summed E-state index contributed by atoms with van der Waals surface area (Å²) in [6.07, 6.45) is 7.93. The molecule has 2 aromatic rings. The second kappa shape index (κ2) is 14.9. The van der Waals surface area contributed by atoms with Gasteiger partial charge in [-0.25, -0.2) is 0 Å².